The topological polar surface area (TPSA) is 104 Å². The number of hydrogen-bond acceptors (Lipinski definition) is 6. The van der Waals surface area contributed by atoms with Crippen molar-refractivity contribution >= 4 is 32.3 Å². The van der Waals surface area contributed by atoms with Crippen LogP contribution in [0.5, 0.6) is 11.5 Å². The number of fused-ring (bicyclic) bond motifs is 2. The number of nitrogens with one attached hydrogen (secondary N) is 1. The highest BCUT2D eigenvalue weighted by atomic mass is 32.2. The van der Waals surface area contributed by atoms with E-state index >= 15 is 0 Å². The second kappa shape index (κ2) is 8.68. The molecule has 1 amide bonds. The van der Waals surface area contributed by atoms with Gasteiger partial charge in [-0.2, -0.15) is 0 Å². The number of pyridine rings is 1. The van der Waals surface area contributed by atoms with Crippen LogP contribution in [0.1, 0.15) is 0 Å². The minimum absolute atomic E-state index is 0.00895. The van der Waals surface area contributed by atoms with Gasteiger partial charge < -0.3 is 19.4 Å². The second-order valence-electron chi connectivity index (χ2n) is 7.69. The molecular weight excluding hydrogens is 456 g/mol. The Balaban J connectivity index is 1.51. The van der Waals surface area contributed by atoms with Crippen LogP contribution >= 0.6 is 0 Å². The summed E-state index contributed by atoms with van der Waals surface area (Å²) in [5.74, 6) is 0.744. The van der Waals surface area contributed by atoms with E-state index in [4.69, 9.17) is 9.47 Å². The lowest BCUT2D eigenvalue weighted by molar-refractivity contribution is -0.116. The largest absolute Gasteiger partial charge is 0.486 e. The van der Waals surface area contributed by atoms with Gasteiger partial charge in [0.1, 0.15) is 24.7 Å². The maximum absolute atomic E-state index is 13.2. The van der Waals surface area contributed by atoms with Crippen LogP contribution in [0.2, 0.25) is 0 Å². The van der Waals surface area contributed by atoms with Gasteiger partial charge in [0.15, 0.2) is 11.5 Å². The summed E-state index contributed by atoms with van der Waals surface area (Å²) in [7, 11) is -4.08. The Bertz CT molecular complexity index is 1560. The molecule has 1 aliphatic heterocycles. The number of carbonyl (C=O) groups excluding carboxylic acids is 1. The molecule has 0 saturated carbocycles. The molecule has 0 atom stereocenters. The number of ether oxygens (including phenoxy) is 2. The Labute approximate surface area is 195 Å². The van der Waals surface area contributed by atoms with Crippen molar-refractivity contribution < 1.29 is 22.7 Å². The number of amides is 1. The van der Waals surface area contributed by atoms with Crippen molar-refractivity contribution in [2.24, 2.45) is 0 Å². The summed E-state index contributed by atoms with van der Waals surface area (Å²) < 4.78 is 39.0. The number of carbonyl (C=O) groups is 1. The molecule has 0 saturated heterocycles. The van der Waals surface area contributed by atoms with Crippen molar-refractivity contribution in [2.45, 2.75) is 16.3 Å². The summed E-state index contributed by atoms with van der Waals surface area (Å²) in [6, 6.07) is 19.4. The highest BCUT2D eigenvalue weighted by Gasteiger charge is 2.24. The van der Waals surface area contributed by atoms with Gasteiger partial charge in [0, 0.05) is 23.3 Å². The molecule has 0 spiro atoms. The van der Waals surface area contributed by atoms with Crippen molar-refractivity contribution in [3.05, 3.63) is 89.2 Å². The zero-order valence-electron chi connectivity index (χ0n) is 17.9. The van der Waals surface area contributed by atoms with Crippen LogP contribution in [-0.4, -0.2) is 32.1 Å². The van der Waals surface area contributed by atoms with Crippen LogP contribution < -0.4 is 20.2 Å². The Morgan fingerprint density at radius 2 is 1.62 bits per heavy atom. The zero-order chi connectivity index (χ0) is 23.7. The average molecular weight is 477 g/mol. The van der Waals surface area contributed by atoms with Crippen molar-refractivity contribution in [1.29, 1.82) is 0 Å². The average Bonchev–Trinajstić information content (AvgIpc) is 2.86. The zero-order valence-corrected chi connectivity index (χ0v) is 18.7. The highest BCUT2D eigenvalue weighted by Crippen LogP contribution is 2.32. The third kappa shape index (κ3) is 4.01. The summed E-state index contributed by atoms with van der Waals surface area (Å²) in [5, 5.41) is 3.00. The Morgan fingerprint density at radius 1 is 0.912 bits per heavy atom. The monoisotopic (exact) mass is 476 g/mol. The van der Waals surface area contributed by atoms with E-state index in [1.54, 1.807) is 60.7 Å². The lowest BCUT2D eigenvalue weighted by atomic mass is 10.2. The minimum Gasteiger partial charge on any atom is -0.486 e. The van der Waals surface area contributed by atoms with E-state index < -0.39 is 21.2 Å². The van der Waals surface area contributed by atoms with E-state index in [1.807, 2.05) is 0 Å². The van der Waals surface area contributed by atoms with E-state index in [0.717, 1.165) is 0 Å². The first kappa shape index (κ1) is 21.7. The Morgan fingerprint density at radius 3 is 2.41 bits per heavy atom. The molecule has 4 aromatic rings. The molecule has 0 unspecified atom stereocenters. The molecule has 3 aromatic carbocycles. The molecule has 2 heterocycles. The minimum atomic E-state index is -4.08. The molecule has 0 fully saturated rings. The number of nitrogens with zero attached hydrogens (tertiary/aromatic N) is 1. The summed E-state index contributed by atoms with van der Waals surface area (Å²) >= 11 is 0. The highest BCUT2D eigenvalue weighted by molar-refractivity contribution is 7.91. The molecule has 1 N–H and O–H groups in total. The van der Waals surface area contributed by atoms with Crippen LogP contribution in [0.25, 0.3) is 10.9 Å². The molecule has 34 heavy (non-hydrogen) atoms. The molecule has 1 aromatic heterocycles. The van der Waals surface area contributed by atoms with Gasteiger partial charge in [-0.1, -0.05) is 30.3 Å². The summed E-state index contributed by atoms with van der Waals surface area (Å²) in [5.41, 5.74) is 0.358. The molecule has 0 aliphatic carbocycles. The number of anilines is 1. The first-order chi connectivity index (χ1) is 16.4. The van der Waals surface area contributed by atoms with Crippen molar-refractivity contribution in [3.8, 4) is 11.5 Å². The normalized spacial score (nSPS) is 12.9. The number of benzene rings is 3. The van der Waals surface area contributed by atoms with E-state index in [1.165, 1.54) is 22.9 Å². The smallest absolute Gasteiger partial charge is 0.244 e. The van der Waals surface area contributed by atoms with Crippen LogP contribution in [0.15, 0.2) is 93.6 Å². The van der Waals surface area contributed by atoms with Gasteiger partial charge in [-0.15, -0.1) is 0 Å². The fourth-order valence-corrected chi connectivity index (χ4v) is 5.23. The standard InChI is InChI=1S/C25H20N2O6S/c28-24(26-17-10-11-21-22(14-17)33-13-12-32-21)16-27-15-23(25(29)19-8-4-5-9-20(19)27)34(30,31)18-6-2-1-3-7-18/h1-11,14-15H,12-13,16H2,(H,26,28). The number of aromatic nitrogens is 1. The third-order valence-corrected chi connectivity index (χ3v) is 7.20. The predicted molar refractivity (Wildman–Crippen MR) is 126 cm³/mol. The van der Waals surface area contributed by atoms with Gasteiger partial charge >= 0.3 is 0 Å². The number of rotatable bonds is 5. The molecule has 172 valence electrons. The van der Waals surface area contributed by atoms with Gasteiger partial charge in [-0.25, -0.2) is 8.42 Å². The molecule has 0 bridgehead atoms. The Hall–Kier alpha value is -4.11. The molecular formula is C25H20N2O6S. The first-order valence-corrected chi connectivity index (χ1v) is 12.0. The van der Waals surface area contributed by atoms with Crippen molar-refractivity contribution in [3.63, 3.8) is 0 Å². The molecule has 1 aliphatic rings. The quantitative estimate of drug-likeness (QED) is 0.474. The van der Waals surface area contributed by atoms with Gasteiger partial charge in [-0.3, -0.25) is 9.59 Å². The van der Waals surface area contributed by atoms with Gasteiger partial charge in [-0.05, 0) is 36.4 Å². The molecule has 0 radical (unpaired) electrons. The fraction of sp³-hybridized carbons (Fsp3) is 0.120. The van der Waals surface area contributed by atoms with Gasteiger partial charge in [0.05, 0.1) is 10.4 Å². The maximum atomic E-state index is 13.2. The van der Waals surface area contributed by atoms with Gasteiger partial charge in [0.25, 0.3) is 0 Å². The fourth-order valence-electron chi connectivity index (χ4n) is 3.84. The number of hydrogen-bond donors (Lipinski definition) is 1. The van der Waals surface area contributed by atoms with E-state index in [2.05, 4.69) is 5.32 Å². The van der Waals surface area contributed by atoms with Gasteiger partial charge in [0.2, 0.25) is 21.2 Å². The molecule has 9 heteroatoms. The Kier molecular flexibility index (Phi) is 5.54. The number of para-hydroxylation sites is 1. The number of sulfone groups is 1. The molecule has 8 nitrogen and oxygen atoms in total. The third-order valence-electron chi connectivity index (χ3n) is 5.44. The predicted octanol–water partition coefficient (Wildman–Crippen LogP) is 3.24. The second-order valence-corrected chi connectivity index (χ2v) is 9.61. The lowest BCUT2D eigenvalue weighted by Crippen LogP contribution is -2.24. The van der Waals surface area contributed by atoms with Crippen LogP contribution in [-0.2, 0) is 21.2 Å². The SMILES string of the molecule is O=C(Cn1cc(S(=O)(=O)c2ccccc2)c(=O)c2ccccc21)Nc1ccc2c(c1)OCCO2. The van der Waals surface area contributed by atoms with Crippen molar-refractivity contribution in [2.75, 3.05) is 18.5 Å². The van der Waals surface area contributed by atoms with E-state index in [9.17, 15) is 18.0 Å². The summed E-state index contributed by atoms with van der Waals surface area (Å²) in [6.45, 7) is 0.686. The summed E-state index contributed by atoms with van der Waals surface area (Å²) in [4.78, 5) is 25.6. The maximum Gasteiger partial charge on any atom is 0.244 e. The summed E-state index contributed by atoms with van der Waals surface area (Å²) in [6.07, 6.45) is 1.23. The van der Waals surface area contributed by atoms with Crippen LogP contribution in [0, 0.1) is 0 Å². The van der Waals surface area contributed by atoms with Crippen LogP contribution in [0.4, 0.5) is 5.69 Å². The molecule has 5 rings (SSSR count). The van der Waals surface area contributed by atoms with Crippen molar-refractivity contribution in [1.82, 2.24) is 4.57 Å². The van der Waals surface area contributed by atoms with E-state index in [0.29, 0.717) is 35.9 Å². The van der Waals surface area contributed by atoms with E-state index in [-0.39, 0.29) is 21.7 Å². The first-order valence-electron chi connectivity index (χ1n) is 10.6. The lowest BCUT2D eigenvalue weighted by Gasteiger charge is -2.19. The van der Waals surface area contributed by atoms with Crippen LogP contribution in [0.3, 0.4) is 0 Å².